The van der Waals surface area contributed by atoms with Gasteiger partial charge in [0.2, 0.25) is 0 Å². The number of rotatable bonds is 4. The second-order valence-corrected chi connectivity index (χ2v) is 4.59. The third-order valence-corrected chi connectivity index (χ3v) is 3.50. The lowest BCUT2D eigenvalue weighted by Crippen LogP contribution is -2.48. The Labute approximate surface area is 102 Å². The van der Waals surface area contributed by atoms with Crippen molar-refractivity contribution in [3.05, 3.63) is 35.9 Å². The standard InChI is InChI=1S/C14H19NO2/c1-17-13(16)14(9-5-11-15-14)10-8-12-6-3-2-4-7-12/h2-4,6-7,15H,5,8-11H2,1H3/t14-/m0/s1. The van der Waals surface area contributed by atoms with Crippen LogP contribution in [0.4, 0.5) is 0 Å². The van der Waals surface area contributed by atoms with Crippen LogP contribution in [0.2, 0.25) is 0 Å². The highest BCUT2D eigenvalue weighted by molar-refractivity contribution is 5.81. The van der Waals surface area contributed by atoms with Crippen LogP contribution in [0.1, 0.15) is 24.8 Å². The zero-order chi connectivity index (χ0) is 12.1. The normalized spacial score (nSPS) is 23.6. The summed E-state index contributed by atoms with van der Waals surface area (Å²) < 4.78 is 4.92. The Morgan fingerprint density at radius 1 is 1.41 bits per heavy atom. The first kappa shape index (κ1) is 12.1. The van der Waals surface area contributed by atoms with Gasteiger partial charge in [0.05, 0.1) is 7.11 Å². The predicted octanol–water partition coefficient (Wildman–Crippen LogP) is 1.91. The minimum Gasteiger partial charge on any atom is -0.468 e. The Bertz CT molecular complexity index is 369. The summed E-state index contributed by atoms with van der Waals surface area (Å²) in [6.45, 7) is 0.907. The topological polar surface area (TPSA) is 38.3 Å². The van der Waals surface area contributed by atoms with E-state index in [0.29, 0.717) is 0 Å². The average molecular weight is 233 g/mol. The highest BCUT2D eigenvalue weighted by Gasteiger charge is 2.41. The molecule has 1 aliphatic heterocycles. The number of benzene rings is 1. The largest absolute Gasteiger partial charge is 0.468 e. The first-order valence-corrected chi connectivity index (χ1v) is 6.14. The van der Waals surface area contributed by atoms with Gasteiger partial charge in [0.15, 0.2) is 0 Å². The lowest BCUT2D eigenvalue weighted by Gasteiger charge is -2.26. The molecule has 0 amide bonds. The van der Waals surface area contributed by atoms with E-state index in [2.05, 4.69) is 17.4 Å². The fourth-order valence-electron chi connectivity index (χ4n) is 2.49. The molecule has 17 heavy (non-hydrogen) atoms. The van der Waals surface area contributed by atoms with E-state index >= 15 is 0 Å². The van der Waals surface area contributed by atoms with Gasteiger partial charge in [-0.1, -0.05) is 30.3 Å². The van der Waals surface area contributed by atoms with E-state index in [0.717, 1.165) is 32.2 Å². The third-order valence-electron chi connectivity index (χ3n) is 3.50. The number of carbonyl (C=O) groups excluding carboxylic acids is 1. The number of nitrogens with one attached hydrogen (secondary N) is 1. The summed E-state index contributed by atoms with van der Waals surface area (Å²) in [4.78, 5) is 11.9. The molecule has 2 rings (SSSR count). The maximum absolute atomic E-state index is 11.9. The number of carbonyl (C=O) groups is 1. The smallest absolute Gasteiger partial charge is 0.326 e. The Balaban J connectivity index is 2.02. The van der Waals surface area contributed by atoms with Gasteiger partial charge in [0, 0.05) is 0 Å². The number of ether oxygens (including phenoxy) is 1. The molecule has 0 saturated carbocycles. The van der Waals surface area contributed by atoms with E-state index in [1.165, 1.54) is 12.7 Å². The van der Waals surface area contributed by atoms with E-state index in [4.69, 9.17) is 4.74 Å². The second kappa shape index (κ2) is 5.32. The number of hydrogen-bond acceptors (Lipinski definition) is 3. The number of aryl methyl sites for hydroxylation is 1. The molecule has 1 N–H and O–H groups in total. The third kappa shape index (κ3) is 2.67. The minimum absolute atomic E-state index is 0.120. The van der Waals surface area contributed by atoms with Crippen molar-refractivity contribution in [2.45, 2.75) is 31.2 Å². The Morgan fingerprint density at radius 2 is 2.18 bits per heavy atom. The van der Waals surface area contributed by atoms with Crippen molar-refractivity contribution in [2.75, 3.05) is 13.7 Å². The Kier molecular flexibility index (Phi) is 3.79. The van der Waals surface area contributed by atoms with Crippen LogP contribution in [-0.4, -0.2) is 25.2 Å². The number of hydrogen-bond donors (Lipinski definition) is 1. The average Bonchev–Trinajstić information content (AvgIpc) is 2.87. The van der Waals surface area contributed by atoms with Crippen molar-refractivity contribution in [2.24, 2.45) is 0 Å². The minimum atomic E-state index is -0.454. The molecule has 1 aromatic carbocycles. The van der Waals surface area contributed by atoms with Gasteiger partial charge in [0.25, 0.3) is 0 Å². The van der Waals surface area contributed by atoms with Crippen molar-refractivity contribution in [3.8, 4) is 0 Å². The van der Waals surface area contributed by atoms with Gasteiger partial charge in [-0.15, -0.1) is 0 Å². The van der Waals surface area contributed by atoms with Gasteiger partial charge in [-0.05, 0) is 37.8 Å². The van der Waals surface area contributed by atoms with Crippen LogP contribution in [0.15, 0.2) is 30.3 Å². The van der Waals surface area contributed by atoms with Crippen molar-refractivity contribution in [1.29, 1.82) is 0 Å². The number of esters is 1. The first-order chi connectivity index (χ1) is 8.27. The Hall–Kier alpha value is -1.35. The summed E-state index contributed by atoms with van der Waals surface area (Å²) in [7, 11) is 1.46. The fourth-order valence-corrected chi connectivity index (χ4v) is 2.49. The predicted molar refractivity (Wildman–Crippen MR) is 66.7 cm³/mol. The van der Waals surface area contributed by atoms with Crippen LogP contribution in [0.5, 0.6) is 0 Å². The molecule has 0 bridgehead atoms. The van der Waals surface area contributed by atoms with Crippen molar-refractivity contribution in [3.63, 3.8) is 0 Å². The van der Waals surface area contributed by atoms with Crippen molar-refractivity contribution >= 4 is 5.97 Å². The van der Waals surface area contributed by atoms with E-state index in [1.54, 1.807) is 0 Å². The maximum atomic E-state index is 11.9. The van der Waals surface area contributed by atoms with E-state index in [1.807, 2.05) is 18.2 Å². The fraction of sp³-hybridized carbons (Fsp3) is 0.500. The zero-order valence-electron chi connectivity index (χ0n) is 10.2. The molecule has 1 saturated heterocycles. The molecule has 1 atom stereocenters. The van der Waals surface area contributed by atoms with E-state index in [-0.39, 0.29) is 5.97 Å². The molecular formula is C14H19NO2. The lowest BCUT2D eigenvalue weighted by molar-refractivity contribution is -0.148. The first-order valence-electron chi connectivity index (χ1n) is 6.14. The van der Waals surface area contributed by atoms with Gasteiger partial charge in [-0.2, -0.15) is 0 Å². The zero-order valence-corrected chi connectivity index (χ0v) is 10.2. The molecule has 0 unspecified atom stereocenters. The SMILES string of the molecule is COC(=O)[C@@]1(CCc2ccccc2)CCCN1. The van der Waals surface area contributed by atoms with Crippen LogP contribution in [0.3, 0.4) is 0 Å². The van der Waals surface area contributed by atoms with Gasteiger partial charge in [0.1, 0.15) is 5.54 Å². The summed E-state index contributed by atoms with van der Waals surface area (Å²) in [6, 6.07) is 10.3. The summed E-state index contributed by atoms with van der Waals surface area (Å²) in [5.74, 6) is -0.120. The molecule has 92 valence electrons. The molecule has 3 nitrogen and oxygen atoms in total. The van der Waals surface area contributed by atoms with Gasteiger partial charge in [-0.25, -0.2) is 0 Å². The molecular weight excluding hydrogens is 214 g/mol. The molecule has 0 aliphatic carbocycles. The quantitative estimate of drug-likeness (QED) is 0.807. The second-order valence-electron chi connectivity index (χ2n) is 4.59. The lowest BCUT2D eigenvalue weighted by atomic mass is 9.90. The van der Waals surface area contributed by atoms with Gasteiger partial charge >= 0.3 is 5.97 Å². The van der Waals surface area contributed by atoms with Crippen LogP contribution >= 0.6 is 0 Å². The Morgan fingerprint density at radius 3 is 2.76 bits per heavy atom. The van der Waals surface area contributed by atoms with E-state index < -0.39 is 5.54 Å². The maximum Gasteiger partial charge on any atom is 0.326 e. The number of methoxy groups -OCH3 is 1. The van der Waals surface area contributed by atoms with E-state index in [9.17, 15) is 4.79 Å². The molecule has 0 spiro atoms. The molecule has 0 aromatic heterocycles. The summed E-state index contributed by atoms with van der Waals surface area (Å²) in [5.41, 5.74) is 0.814. The van der Waals surface area contributed by atoms with Crippen LogP contribution < -0.4 is 5.32 Å². The van der Waals surface area contributed by atoms with Crippen molar-refractivity contribution < 1.29 is 9.53 Å². The molecule has 1 aliphatic rings. The van der Waals surface area contributed by atoms with Crippen molar-refractivity contribution in [1.82, 2.24) is 5.32 Å². The van der Waals surface area contributed by atoms with Gasteiger partial charge in [-0.3, -0.25) is 4.79 Å². The summed E-state index contributed by atoms with van der Waals surface area (Å²) in [6.07, 6.45) is 3.64. The monoisotopic (exact) mass is 233 g/mol. The summed E-state index contributed by atoms with van der Waals surface area (Å²) >= 11 is 0. The highest BCUT2D eigenvalue weighted by Crippen LogP contribution is 2.26. The highest BCUT2D eigenvalue weighted by atomic mass is 16.5. The van der Waals surface area contributed by atoms with Crippen LogP contribution in [-0.2, 0) is 16.0 Å². The molecule has 3 heteroatoms. The molecule has 1 aromatic rings. The van der Waals surface area contributed by atoms with Crippen LogP contribution in [0.25, 0.3) is 0 Å². The van der Waals surface area contributed by atoms with Gasteiger partial charge < -0.3 is 10.1 Å². The van der Waals surface area contributed by atoms with Crippen LogP contribution in [0, 0.1) is 0 Å². The summed E-state index contributed by atoms with van der Waals surface area (Å²) in [5, 5.41) is 3.32. The molecule has 0 radical (unpaired) electrons. The molecule has 1 fully saturated rings. The molecule has 1 heterocycles.